The van der Waals surface area contributed by atoms with Gasteiger partial charge in [-0.15, -0.1) is 0 Å². The summed E-state index contributed by atoms with van der Waals surface area (Å²) in [4.78, 5) is 12.6. The summed E-state index contributed by atoms with van der Waals surface area (Å²) >= 11 is 0. The zero-order valence-corrected chi connectivity index (χ0v) is 14.2. The van der Waals surface area contributed by atoms with Gasteiger partial charge < -0.3 is 4.74 Å². The highest BCUT2D eigenvalue weighted by molar-refractivity contribution is 5.76. The van der Waals surface area contributed by atoms with Gasteiger partial charge in [-0.3, -0.25) is 4.79 Å². The molecular formula is C18H32O2. The fraction of sp³-hybridized carbons (Fsp3) is 0.833. The van der Waals surface area contributed by atoms with Crippen LogP contribution in [-0.2, 0) is 9.53 Å². The van der Waals surface area contributed by atoms with Gasteiger partial charge in [0.25, 0.3) is 0 Å². The fourth-order valence-electron chi connectivity index (χ4n) is 3.16. The molecule has 1 fully saturated rings. The number of carbonyl (C=O) groups is 1. The molecule has 1 aliphatic carbocycles. The van der Waals surface area contributed by atoms with Gasteiger partial charge in [0.1, 0.15) is 5.60 Å². The van der Waals surface area contributed by atoms with Gasteiger partial charge in [-0.2, -0.15) is 0 Å². The Labute approximate surface area is 125 Å². The van der Waals surface area contributed by atoms with Crippen molar-refractivity contribution in [2.24, 2.45) is 17.3 Å². The number of hydrogen-bond acceptors (Lipinski definition) is 2. The van der Waals surface area contributed by atoms with E-state index in [2.05, 4.69) is 27.4 Å². The van der Waals surface area contributed by atoms with Crippen molar-refractivity contribution in [3.05, 3.63) is 12.2 Å². The number of carbonyl (C=O) groups excluding carboxylic acids is 1. The first-order chi connectivity index (χ1) is 9.19. The average Bonchev–Trinajstić information content (AvgIpc) is 2.40. The molecule has 116 valence electrons. The summed E-state index contributed by atoms with van der Waals surface area (Å²) in [6.45, 7) is 16.7. The van der Waals surface area contributed by atoms with Gasteiger partial charge in [-0.1, -0.05) is 39.8 Å². The fourth-order valence-corrected chi connectivity index (χ4v) is 3.16. The van der Waals surface area contributed by atoms with Crippen molar-refractivity contribution in [1.29, 1.82) is 0 Å². The van der Waals surface area contributed by atoms with Crippen LogP contribution in [0, 0.1) is 17.3 Å². The third-order valence-electron chi connectivity index (χ3n) is 5.28. The summed E-state index contributed by atoms with van der Waals surface area (Å²) in [7, 11) is 0. The van der Waals surface area contributed by atoms with Crippen molar-refractivity contribution in [2.75, 3.05) is 0 Å². The molecule has 0 amide bonds. The van der Waals surface area contributed by atoms with Gasteiger partial charge in [0, 0.05) is 5.92 Å². The van der Waals surface area contributed by atoms with Crippen molar-refractivity contribution < 1.29 is 9.53 Å². The summed E-state index contributed by atoms with van der Waals surface area (Å²) in [5, 5.41) is 0. The molecular weight excluding hydrogens is 248 g/mol. The molecule has 0 saturated heterocycles. The van der Waals surface area contributed by atoms with Crippen LogP contribution in [0.2, 0.25) is 0 Å². The van der Waals surface area contributed by atoms with E-state index in [1.807, 2.05) is 20.8 Å². The Bertz CT molecular complexity index is 368. The van der Waals surface area contributed by atoms with Gasteiger partial charge in [0.05, 0.1) is 5.41 Å². The molecule has 0 spiro atoms. The highest BCUT2D eigenvalue weighted by Gasteiger charge is 2.48. The van der Waals surface area contributed by atoms with E-state index in [4.69, 9.17) is 4.74 Å². The lowest BCUT2D eigenvalue weighted by Crippen LogP contribution is -2.51. The van der Waals surface area contributed by atoms with E-state index >= 15 is 0 Å². The quantitative estimate of drug-likeness (QED) is 0.515. The van der Waals surface area contributed by atoms with Crippen LogP contribution >= 0.6 is 0 Å². The lowest BCUT2D eigenvalue weighted by molar-refractivity contribution is -0.188. The highest BCUT2D eigenvalue weighted by Crippen LogP contribution is 2.46. The first-order valence-corrected chi connectivity index (χ1v) is 8.09. The maximum Gasteiger partial charge on any atom is 0.312 e. The maximum atomic E-state index is 12.6. The molecule has 1 rings (SSSR count). The normalized spacial score (nSPS) is 27.8. The molecule has 0 radical (unpaired) electrons. The Kier molecular flexibility index (Phi) is 5.46. The smallest absolute Gasteiger partial charge is 0.312 e. The van der Waals surface area contributed by atoms with Crippen molar-refractivity contribution in [3.63, 3.8) is 0 Å². The first kappa shape index (κ1) is 17.3. The summed E-state index contributed by atoms with van der Waals surface area (Å²) in [6.07, 6.45) is 4.75. The second-order valence-corrected chi connectivity index (χ2v) is 7.30. The lowest BCUT2D eigenvalue weighted by atomic mass is 9.67. The van der Waals surface area contributed by atoms with E-state index in [-0.39, 0.29) is 11.6 Å². The molecule has 2 atom stereocenters. The molecule has 0 aliphatic heterocycles. The first-order valence-electron chi connectivity index (χ1n) is 8.09. The third-order valence-corrected chi connectivity index (χ3v) is 5.28. The lowest BCUT2D eigenvalue weighted by Gasteiger charge is -2.48. The van der Waals surface area contributed by atoms with Crippen molar-refractivity contribution in [3.8, 4) is 0 Å². The number of hydrogen-bond donors (Lipinski definition) is 0. The standard InChI is InChI=1S/C18H32O2/c1-8-15-12-14(5)10-11-18(15,13(3)4)20-16(19)17(6,7)9-2/h13,15H,5,8-12H2,1-4,6-7H3. The zero-order valence-electron chi connectivity index (χ0n) is 14.2. The molecule has 2 heteroatoms. The average molecular weight is 280 g/mol. The van der Waals surface area contributed by atoms with Gasteiger partial charge in [0.2, 0.25) is 0 Å². The Morgan fingerprint density at radius 1 is 1.45 bits per heavy atom. The topological polar surface area (TPSA) is 26.3 Å². The molecule has 0 aromatic carbocycles. The Hall–Kier alpha value is -0.790. The van der Waals surface area contributed by atoms with Crippen LogP contribution < -0.4 is 0 Å². The molecule has 2 unspecified atom stereocenters. The van der Waals surface area contributed by atoms with E-state index in [0.717, 1.165) is 32.1 Å². The van der Waals surface area contributed by atoms with Crippen LogP contribution in [0.1, 0.15) is 73.6 Å². The molecule has 0 aromatic rings. The molecule has 2 nitrogen and oxygen atoms in total. The SMILES string of the molecule is C=C1CCC(OC(=O)C(C)(C)CC)(C(C)C)C(CC)C1. The Morgan fingerprint density at radius 3 is 2.50 bits per heavy atom. The molecule has 0 aromatic heterocycles. The van der Waals surface area contributed by atoms with E-state index in [9.17, 15) is 4.79 Å². The van der Waals surface area contributed by atoms with E-state index in [1.54, 1.807) is 0 Å². The number of esters is 1. The predicted octanol–water partition coefficient (Wildman–Crippen LogP) is 5.13. The Morgan fingerprint density at radius 2 is 2.05 bits per heavy atom. The van der Waals surface area contributed by atoms with E-state index in [1.165, 1.54) is 5.57 Å². The second-order valence-electron chi connectivity index (χ2n) is 7.30. The molecule has 0 heterocycles. The van der Waals surface area contributed by atoms with Gasteiger partial charge in [-0.05, 0) is 51.9 Å². The monoisotopic (exact) mass is 280 g/mol. The summed E-state index contributed by atoms with van der Waals surface area (Å²) in [6, 6.07) is 0. The largest absolute Gasteiger partial charge is 0.458 e. The van der Waals surface area contributed by atoms with Gasteiger partial charge in [0.15, 0.2) is 0 Å². The molecule has 1 aliphatic rings. The summed E-state index contributed by atoms with van der Waals surface area (Å²) < 4.78 is 6.17. The minimum atomic E-state index is -0.394. The van der Waals surface area contributed by atoms with Gasteiger partial charge in [-0.25, -0.2) is 0 Å². The van der Waals surface area contributed by atoms with Crippen molar-refractivity contribution >= 4 is 5.97 Å². The highest BCUT2D eigenvalue weighted by atomic mass is 16.6. The van der Waals surface area contributed by atoms with Crippen molar-refractivity contribution in [2.45, 2.75) is 79.2 Å². The third kappa shape index (κ3) is 3.27. The minimum absolute atomic E-state index is 0.0420. The van der Waals surface area contributed by atoms with Crippen molar-refractivity contribution in [1.82, 2.24) is 0 Å². The zero-order chi connectivity index (χ0) is 15.6. The molecule has 0 N–H and O–H groups in total. The molecule has 1 saturated carbocycles. The van der Waals surface area contributed by atoms with Crippen LogP contribution in [0.4, 0.5) is 0 Å². The van der Waals surface area contributed by atoms with Gasteiger partial charge >= 0.3 is 5.97 Å². The van der Waals surface area contributed by atoms with Crippen LogP contribution in [0.15, 0.2) is 12.2 Å². The number of allylic oxidation sites excluding steroid dienone is 1. The van der Waals surface area contributed by atoms with E-state index in [0.29, 0.717) is 11.8 Å². The summed E-state index contributed by atoms with van der Waals surface area (Å²) in [5.74, 6) is 0.706. The minimum Gasteiger partial charge on any atom is -0.458 e. The number of rotatable bonds is 5. The maximum absolute atomic E-state index is 12.6. The number of ether oxygens (including phenoxy) is 1. The van der Waals surface area contributed by atoms with Crippen LogP contribution in [0.3, 0.4) is 0 Å². The second kappa shape index (κ2) is 6.32. The molecule has 20 heavy (non-hydrogen) atoms. The van der Waals surface area contributed by atoms with E-state index < -0.39 is 5.41 Å². The van der Waals surface area contributed by atoms with Crippen LogP contribution in [0.25, 0.3) is 0 Å². The Balaban J connectivity index is 3.03. The van der Waals surface area contributed by atoms with Crippen LogP contribution in [0.5, 0.6) is 0 Å². The van der Waals surface area contributed by atoms with Crippen LogP contribution in [-0.4, -0.2) is 11.6 Å². The summed E-state index contributed by atoms with van der Waals surface area (Å²) in [5.41, 5.74) is 0.604. The molecule has 0 bridgehead atoms. The predicted molar refractivity (Wildman–Crippen MR) is 84.5 cm³/mol.